The van der Waals surface area contributed by atoms with Crippen LogP contribution in [0.15, 0.2) is 36.4 Å². The summed E-state index contributed by atoms with van der Waals surface area (Å²) in [4.78, 5) is 5.26. The fourth-order valence-corrected chi connectivity index (χ4v) is 4.20. The summed E-state index contributed by atoms with van der Waals surface area (Å²) in [5.41, 5.74) is 1.33. The molecule has 0 aliphatic carbocycles. The highest BCUT2D eigenvalue weighted by Crippen LogP contribution is 2.30. The van der Waals surface area contributed by atoms with Gasteiger partial charge in [-0.15, -0.1) is 0 Å². The van der Waals surface area contributed by atoms with Crippen molar-refractivity contribution in [1.82, 2.24) is 15.1 Å². The number of rotatable bonds is 4. The van der Waals surface area contributed by atoms with Crippen LogP contribution in [0, 0.1) is 0 Å². The third kappa shape index (κ3) is 3.14. The molecule has 2 aliphatic heterocycles. The van der Waals surface area contributed by atoms with E-state index < -0.39 is 0 Å². The van der Waals surface area contributed by atoms with Gasteiger partial charge >= 0.3 is 0 Å². The van der Waals surface area contributed by atoms with Gasteiger partial charge < -0.3 is 10.1 Å². The van der Waals surface area contributed by atoms with E-state index in [4.69, 9.17) is 4.74 Å². The van der Waals surface area contributed by atoms with Crippen molar-refractivity contribution in [3.8, 4) is 5.75 Å². The maximum atomic E-state index is 5.66. The molecule has 2 aromatic rings. The highest BCUT2D eigenvalue weighted by Gasteiger charge is 2.29. The first-order valence-corrected chi connectivity index (χ1v) is 9.07. The van der Waals surface area contributed by atoms with Crippen LogP contribution in [0.1, 0.15) is 12.0 Å². The van der Waals surface area contributed by atoms with Gasteiger partial charge in [0.2, 0.25) is 0 Å². The van der Waals surface area contributed by atoms with Crippen LogP contribution < -0.4 is 10.1 Å². The van der Waals surface area contributed by atoms with Gasteiger partial charge in [0.25, 0.3) is 0 Å². The van der Waals surface area contributed by atoms with Crippen molar-refractivity contribution in [3.05, 3.63) is 42.0 Å². The van der Waals surface area contributed by atoms with Crippen LogP contribution in [0.25, 0.3) is 10.8 Å². The highest BCUT2D eigenvalue weighted by atomic mass is 16.5. The molecular weight excluding hydrogens is 298 g/mol. The number of benzene rings is 2. The SMILES string of the molecule is COc1ccc2ccccc2c1CN1CCC(N2CCNCC2)C1. The second kappa shape index (κ2) is 7.09. The van der Waals surface area contributed by atoms with Gasteiger partial charge in [-0.05, 0) is 23.3 Å². The van der Waals surface area contributed by atoms with Crippen molar-refractivity contribution in [2.75, 3.05) is 46.4 Å². The molecule has 0 saturated carbocycles. The van der Waals surface area contributed by atoms with Crippen molar-refractivity contribution < 1.29 is 4.74 Å². The molecule has 1 N–H and O–H groups in total. The van der Waals surface area contributed by atoms with Crippen LogP contribution in [0.4, 0.5) is 0 Å². The Bertz CT molecular complexity index is 696. The number of piperazine rings is 1. The van der Waals surface area contributed by atoms with Gasteiger partial charge in [-0.3, -0.25) is 9.80 Å². The molecule has 2 heterocycles. The molecule has 2 aromatic carbocycles. The molecule has 4 rings (SSSR count). The van der Waals surface area contributed by atoms with E-state index in [9.17, 15) is 0 Å². The van der Waals surface area contributed by atoms with Gasteiger partial charge in [0.05, 0.1) is 7.11 Å². The smallest absolute Gasteiger partial charge is 0.123 e. The Labute approximate surface area is 144 Å². The average Bonchev–Trinajstić information content (AvgIpc) is 3.11. The van der Waals surface area contributed by atoms with E-state index >= 15 is 0 Å². The second-order valence-corrected chi connectivity index (χ2v) is 6.93. The van der Waals surface area contributed by atoms with E-state index in [0.29, 0.717) is 6.04 Å². The van der Waals surface area contributed by atoms with Crippen LogP contribution in [-0.4, -0.2) is 62.2 Å². The number of ether oxygens (including phenoxy) is 1. The monoisotopic (exact) mass is 325 g/mol. The van der Waals surface area contributed by atoms with Crippen LogP contribution in [0.2, 0.25) is 0 Å². The number of nitrogens with zero attached hydrogens (tertiary/aromatic N) is 2. The molecule has 128 valence electrons. The van der Waals surface area contributed by atoms with E-state index in [1.165, 1.54) is 48.9 Å². The van der Waals surface area contributed by atoms with Crippen LogP contribution >= 0.6 is 0 Å². The first-order valence-electron chi connectivity index (χ1n) is 9.07. The largest absolute Gasteiger partial charge is 0.496 e. The second-order valence-electron chi connectivity index (χ2n) is 6.93. The van der Waals surface area contributed by atoms with Crippen molar-refractivity contribution in [3.63, 3.8) is 0 Å². The minimum atomic E-state index is 0.716. The zero-order valence-corrected chi connectivity index (χ0v) is 14.5. The Hall–Kier alpha value is -1.62. The predicted octanol–water partition coefficient (Wildman–Crippen LogP) is 2.33. The van der Waals surface area contributed by atoms with Crippen molar-refractivity contribution in [1.29, 1.82) is 0 Å². The highest BCUT2D eigenvalue weighted by molar-refractivity contribution is 5.87. The summed E-state index contributed by atoms with van der Waals surface area (Å²) in [5, 5.41) is 6.07. The van der Waals surface area contributed by atoms with Crippen molar-refractivity contribution >= 4 is 10.8 Å². The van der Waals surface area contributed by atoms with E-state index in [1.807, 2.05) is 0 Å². The lowest BCUT2D eigenvalue weighted by Crippen LogP contribution is -2.49. The van der Waals surface area contributed by atoms with Crippen LogP contribution in [0.3, 0.4) is 0 Å². The standard InChI is InChI=1S/C20H27N3O/c1-24-20-7-6-16-4-2-3-5-18(16)19(20)15-22-11-8-17(14-22)23-12-9-21-10-13-23/h2-7,17,21H,8-15H2,1H3. The molecule has 1 atom stereocenters. The first-order chi connectivity index (χ1) is 11.8. The van der Waals surface area contributed by atoms with E-state index in [2.05, 4.69) is 51.5 Å². The predicted molar refractivity (Wildman–Crippen MR) is 98.6 cm³/mol. The third-order valence-corrected chi connectivity index (χ3v) is 5.51. The molecule has 0 spiro atoms. The van der Waals surface area contributed by atoms with E-state index in [1.54, 1.807) is 7.11 Å². The number of hydrogen-bond acceptors (Lipinski definition) is 4. The molecular formula is C20H27N3O. The fraction of sp³-hybridized carbons (Fsp3) is 0.500. The van der Waals surface area contributed by atoms with Gasteiger partial charge in [0, 0.05) is 57.4 Å². The zero-order valence-electron chi connectivity index (χ0n) is 14.5. The number of hydrogen-bond donors (Lipinski definition) is 1. The van der Waals surface area contributed by atoms with Gasteiger partial charge in [-0.2, -0.15) is 0 Å². The lowest BCUT2D eigenvalue weighted by Gasteiger charge is -2.32. The molecule has 0 aromatic heterocycles. The first kappa shape index (κ1) is 15.9. The Morgan fingerprint density at radius 2 is 1.92 bits per heavy atom. The van der Waals surface area contributed by atoms with E-state index in [-0.39, 0.29) is 0 Å². The van der Waals surface area contributed by atoms with Gasteiger partial charge in [-0.1, -0.05) is 30.3 Å². The average molecular weight is 325 g/mol. The van der Waals surface area contributed by atoms with Gasteiger partial charge in [0.1, 0.15) is 5.75 Å². The number of nitrogens with one attached hydrogen (secondary N) is 1. The topological polar surface area (TPSA) is 27.7 Å². The molecule has 4 heteroatoms. The maximum absolute atomic E-state index is 5.66. The minimum absolute atomic E-state index is 0.716. The summed E-state index contributed by atoms with van der Waals surface area (Å²) in [6, 6.07) is 13.6. The normalized spacial score (nSPS) is 23.0. The Kier molecular flexibility index (Phi) is 4.69. The van der Waals surface area contributed by atoms with Gasteiger partial charge in [0.15, 0.2) is 0 Å². The molecule has 2 saturated heterocycles. The molecule has 2 aliphatic rings. The summed E-state index contributed by atoms with van der Waals surface area (Å²) in [5.74, 6) is 1.01. The number of fused-ring (bicyclic) bond motifs is 1. The minimum Gasteiger partial charge on any atom is -0.496 e. The molecule has 0 bridgehead atoms. The Balaban J connectivity index is 1.52. The summed E-state index contributed by atoms with van der Waals surface area (Å²) >= 11 is 0. The number of likely N-dealkylation sites (tertiary alicyclic amines) is 1. The quantitative estimate of drug-likeness (QED) is 0.934. The Morgan fingerprint density at radius 3 is 2.75 bits per heavy atom. The summed E-state index contributed by atoms with van der Waals surface area (Å²) < 4.78 is 5.66. The summed E-state index contributed by atoms with van der Waals surface area (Å²) in [7, 11) is 1.78. The summed E-state index contributed by atoms with van der Waals surface area (Å²) in [6.07, 6.45) is 1.28. The fourth-order valence-electron chi connectivity index (χ4n) is 4.20. The summed E-state index contributed by atoms with van der Waals surface area (Å²) in [6.45, 7) is 7.98. The number of methoxy groups -OCH3 is 1. The van der Waals surface area contributed by atoms with Gasteiger partial charge in [-0.25, -0.2) is 0 Å². The van der Waals surface area contributed by atoms with Crippen LogP contribution in [0.5, 0.6) is 5.75 Å². The molecule has 2 fully saturated rings. The lowest BCUT2D eigenvalue weighted by atomic mass is 10.0. The lowest BCUT2D eigenvalue weighted by molar-refractivity contribution is 0.170. The van der Waals surface area contributed by atoms with Crippen LogP contribution in [-0.2, 0) is 6.54 Å². The molecule has 24 heavy (non-hydrogen) atoms. The molecule has 0 radical (unpaired) electrons. The Morgan fingerprint density at radius 1 is 1.08 bits per heavy atom. The molecule has 0 amide bonds. The third-order valence-electron chi connectivity index (χ3n) is 5.51. The van der Waals surface area contributed by atoms with Crippen molar-refractivity contribution in [2.45, 2.75) is 19.0 Å². The van der Waals surface area contributed by atoms with E-state index in [0.717, 1.165) is 25.4 Å². The zero-order chi connectivity index (χ0) is 16.4. The molecule has 1 unspecified atom stereocenters. The van der Waals surface area contributed by atoms with Crippen molar-refractivity contribution in [2.24, 2.45) is 0 Å². The maximum Gasteiger partial charge on any atom is 0.123 e. The molecule has 4 nitrogen and oxygen atoms in total.